The Morgan fingerprint density at radius 1 is 1.69 bits per heavy atom. The predicted molar refractivity (Wildman–Crippen MR) is 52.8 cm³/mol. The van der Waals surface area contributed by atoms with Crippen LogP contribution >= 0.6 is 11.6 Å². The molecule has 0 amide bonds. The van der Waals surface area contributed by atoms with E-state index in [1.807, 2.05) is 0 Å². The van der Waals surface area contributed by atoms with Crippen LogP contribution < -0.4 is 10.5 Å². The third kappa shape index (κ3) is 2.72. The zero-order valence-corrected chi connectivity index (χ0v) is 7.92. The van der Waals surface area contributed by atoms with Gasteiger partial charge in [0.15, 0.2) is 0 Å². The van der Waals surface area contributed by atoms with Gasteiger partial charge in [0.2, 0.25) is 5.88 Å². The first-order chi connectivity index (χ1) is 6.27. The number of ether oxygens (including phenoxy) is 1. The second-order valence-electron chi connectivity index (χ2n) is 2.43. The maximum absolute atomic E-state index is 5.87. The molecule has 70 valence electrons. The van der Waals surface area contributed by atoms with Crippen LogP contribution in [0.1, 0.15) is 5.56 Å². The van der Waals surface area contributed by atoms with Crippen molar-refractivity contribution in [3.05, 3.63) is 35.5 Å². The van der Waals surface area contributed by atoms with Gasteiger partial charge in [-0.15, -0.1) is 0 Å². The number of halogens is 1. The third-order valence-electron chi connectivity index (χ3n) is 1.44. The number of aromatic nitrogens is 1. The molecular formula is C9H11ClN2O. The number of nitrogens with zero attached hydrogens (tertiary/aromatic N) is 1. The summed E-state index contributed by atoms with van der Waals surface area (Å²) in [6.45, 7) is 4.35. The van der Waals surface area contributed by atoms with Gasteiger partial charge in [-0.3, -0.25) is 0 Å². The minimum Gasteiger partial charge on any atom is -0.472 e. The van der Waals surface area contributed by atoms with E-state index in [1.54, 1.807) is 18.3 Å². The summed E-state index contributed by atoms with van der Waals surface area (Å²) in [5.74, 6) is 0.416. The molecule has 1 aromatic rings. The van der Waals surface area contributed by atoms with Gasteiger partial charge in [0.25, 0.3) is 0 Å². The molecule has 0 radical (unpaired) electrons. The van der Waals surface area contributed by atoms with E-state index < -0.39 is 0 Å². The molecule has 2 N–H and O–H groups in total. The molecule has 0 aliphatic rings. The molecule has 0 saturated carbocycles. The van der Waals surface area contributed by atoms with Gasteiger partial charge < -0.3 is 10.5 Å². The minimum absolute atomic E-state index is 0.398. The maximum Gasteiger partial charge on any atom is 0.232 e. The van der Waals surface area contributed by atoms with Crippen molar-refractivity contribution in [3.63, 3.8) is 0 Å². The van der Waals surface area contributed by atoms with Crippen LogP contribution in [0, 0.1) is 0 Å². The molecule has 3 nitrogen and oxygen atoms in total. The van der Waals surface area contributed by atoms with Gasteiger partial charge in [0.05, 0.1) is 0 Å². The Balaban J connectivity index is 2.78. The largest absolute Gasteiger partial charge is 0.472 e. The van der Waals surface area contributed by atoms with Crippen molar-refractivity contribution in [2.45, 2.75) is 6.54 Å². The summed E-state index contributed by atoms with van der Waals surface area (Å²) in [4.78, 5) is 4.00. The van der Waals surface area contributed by atoms with Gasteiger partial charge in [0.1, 0.15) is 11.6 Å². The molecule has 4 heteroatoms. The summed E-state index contributed by atoms with van der Waals surface area (Å²) in [5.41, 5.74) is 6.30. The van der Waals surface area contributed by atoms with E-state index in [9.17, 15) is 0 Å². The molecule has 0 bridgehead atoms. The smallest absolute Gasteiger partial charge is 0.232 e. The first-order valence-corrected chi connectivity index (χ1v) is 4.24. The summed E-state index contributed by atoms with van der Waals surface area (Å²) in [5, 5.41) is 0.477. The van der Waals surface area contributed by atoms with E-state index in [-0.39, 0.29) is 0 Å². The average Bonchev–Trinajstić information content (AvgIpc) is 2.16. The standard InChI is InChI=1S/C9H11ClN2O/c1-2-3-13-9-8(10)4-7(5-11)6-12-9/h2,4,6H,1,3,5,11H2. The molecule has 0 aromatic carbocycles. The van der Waals surface area contributed by atoms with E-state index in [4.69, 9.17) is 22.1 Å². The zero-order valence-electron chi connectivity index (χ0n) is 7.16. The van der Waals surface area contributed by atoms with E-state index >= 15 is 0 Å². The highest BCUT2D eigenvalue weighted by Crippen LogP contribution is 2.21. The summed E-state index contributed by atoms with van der Waals surface area (Å²) in [7, 11) is 0. The molecular weight excluding hydrogens is 188 g/mol. The number of hydrogen-bond acceptors (Lipinski definition) is 3. The SMILES string of the molecule is C=CCOc1ncc(CN)cc1Cl. The Labute approximate surface area is 82.2 Å². The lowest BCUT2D eigenvalue weighted by molar-refractivity contribution is 0.349. The van der Waals surface area contributed by atoms with Gasteiger partial charge in [-0.2, -0.15) is 0 Å². The fraction of sp³-hybridized carbons (Fsp3) is 0.222. The van der Waals surface area contributed by atoms with Crippen LogP contribution in [0.25, 0.3) is 0 Å². The van der Waals surface area contributed by atoms with E-state index in [1.165, 1.54) is 0 Å². The molecule has 0 aliphatic heterocycles. The lowest BCUT2D eigenvalue weighted by atomic mass is 10.3. The summed E-state index contributed by atoms with van der Waals surface area (Å²) in [6.07, 6.45) is 3.28. The fourth-order valence-electron chi connectivity index (χ4n) is 0.821. The molecule has 0 aliphatic carbocycles. The van der Waals surface area contributed by atoms with Gasteiger partial charge in [-0.1, -0.05) is 24.3 Å². The molecule has 0 atom stereocenters. The van der Waals surface area contributed by atoms with Crippen molar-refractivity contribution in [3.8, 4) is 5.88 Å². The highest BCUT2D eigenvalue weighted by atomic mass is 35.5. The monoisotopic (exact) mass is 198 g/mol. The van der Waals surface area contributed by atoms with Crippen LogP contribution in [-0.2, 0) is 6.54 Å². The second-order valence-corrected chi connectivity index (χ2v) is 2.84. The van der Waals surface area contributed by atoms with E-state index in [0.717, 1.165) is 5.56 Å². The highest BCUT2D eigenvalue weighted by molar-refractivity contribution is 6.31. The van der Waals surface area contributed by atoms with Gasteiger partial charge >= 0.3 is 0 Å². The maximum atomic E-state index is 5.87. The normalized spacial score (nSPS) is 9.69. The highest BCUT2D eigenvalue weighted by Gasteiger charge is 2.02. The molecule has 0 fully saturated rings. The third-order valence-corrected chi connectivity index (χ3v) is 1.71. The van der Waals surface area contributed by atoms with Crippen LogP contribution in [-0.4, -0.2) is 11.6 Å². The number of nitrogens with two attached hydrogens (primary N) is 1. The Bertz CT molecular complexity index is 302. The number of pyridine rings is 1. The predicted octanol–water partition coefficient (Wildman–Crippen LogP) is 1.76. The molecule has 1 aromatic heterocycles. The summed E-state index contributed by atoms with van der Waals surface area (Å²) in [6, 6.07) is 1.74. The first-order valence-electron chi connectivity index (χ1n) is 3.86. The summed E-state index contributed by atoms with van der Waals surface area (Å²) >= 11 is 5.87. The Morgan fingerprint density at radius 2 is 2.46 bits per heavy atom. The molecule has 0 saturated heterocycles. The van der Waals surface area contributed by atoms with Crippen LogP contribution in [0.4, 0.5) is 0 Å². The summed E-state index contributed by atoms with van der Waals surface area (Å²) < 4.78 is 5.18. The van der Waals surface area contributed by atoms with Crippen LogP contribution in [0.5, 0.6) is 5.88 Å². The second kappa shape index (κ2) is 4.84. The van der Waals surface area contributed by atoms with Crippen molar-refractivity contribution in [1.29, 1.82) is 0 Å². The quantitative estimate of drug-likeness (QED) is 0.750. The fourth-order valence-corrected chi connectivity index (χ4v) is 1.06. The van der Waals surface area contributed by atoms with Crippen molar-refractivity contribution in [2.75, 3.05) is 6.61 Å². The first kappa shape index (κ1) is 10.0. The molecule has 1 heterocycles. The Morgan fingerprint density at radius 3 is 3.00 bits per heavy atom. The Hall–Kier alpha value is -1.06. The van der Waals surface area contributed by atoms with Crippen molar-refractivity contribution in [1.82, 2.24) is 4.98 Å². The van der Waals surface area contributed by atoms with Crippen molar-refractivity contribution < 1.29 is 4.74 Å². The molecule has 0 spiro atoms. The number of hydrogen-bond donors (Lipinski definition) is 1. The number of rotatable bonds is 4. The zero-order chi connectivity index (χ0) is 9.68. The lowest BCUT2D eigenvalue weighted by Crippen LogP contribution is -2.00. The molecule has 13 heavy (non-hydrogen) atoms. The molecule has 1 rings (SSSR count). The average molecular weight is 199 g/mol. The van der Waals surface area contributed by atoms with Crippen LogP contribution in [0.15, 0.2) is 24.9 Å². The molecule has 0 unspecified atom stereocenters. The van der Waals surface area contributed by atoms with Crippen molar-refractivity contribution in [2.24, 2.45) is 5.73 Å². The van der Waals surface area contributed by atoms with E-state index in [2.05, 4.69) is 11.6 Å². The lowest BCUT2D eigenvalue weighted by Gasteiger charge is -2.04. The van der Waals surface area contributed by atoms with Crippen LogP contribution in [0.3, 0.4) is 0 Å². The topological polar surface area (TPSA) is 48.1 Å². The Kier molecular flexibility index (Phi) is 3.73. The van der Waals surface area contributed by atoms with Crippen molar-refractivity contribution >= 4 is 11.6 Å². The van der Waals surface area contributed by atoms with Gasteiger partial charge in [-0.25, -0.2) is 4.98 Å². The van der Waals surface area contributed by atoms with E-state index in [0.29, 0.717) is 24.1 Å². The minimum atomic E-state index is 0.398. The van der Waals surface area contributed by atoms with Gasteiger partial charge in [-0.05, 0) is 11.6 Å². The van der Waals surface area contributed by atoms with Crippen LogP contribution in [0.2, 0.25) is 5.02 Å². The van der Waals surface area contributed by atoms with Gasteiger partial charge in [0, 0.05) is 12.7 Å².